The summed E-state index contributed by atoms with van der Waals surface area (Å²) in [6.45, 7) is 7.56. The van der Waals surface area contributed by atoms with Crippen LogP contribution in [0.15, 0.2) is 18.3 Å². The molecular weight excluding hydrogens is 387 g/mol. The summed E-state index contributed by atoms with van der Waals surface area (Å²) in [4.78, 5) is 29.0. The van der Waals surface area contributed by atoms with Crippen LogP contribution in [0.2, 0.25) is 0 Å². The zero-order valence-corrected chi connectivity index (χ0v) is 16.4. The second kappa shape index (κ2) is 6.98. The Labute approximate surface area is 164 Å². The van der Waals surface area contributed by atoms with E-state index < -0.39 is 23.8 Å². The van der Waals surface area contributed by atoms with Crippen LogP contribution in [0.3, 0.4) is 0 Å². The molecule has 0 atom stereocenters. The van der Waals surface area contributed by atoms with Gasteiger partial charge in [0.05, 0.1) is 11.7 Å². The number of hydrogen-bond donors (Lipinski definition) is 0. The Bertz CT molecular complexity index is 1160. The maximum atomic E-state index is 13.2. The minimum atomic E-state index is -5.20. The highest BCUT2D eigenvalue weighted by Crippen LogP contribution is 2.31. The van der Waals surface area contributed by atoms with Crippen LogP contribution in [0.4, 0.5) is 13.2 Å². The molecule has 6 nitrogen and oxygen atoms in total. The van der Waals surface area contributed by atoms with Gasteiger partial charge in [-0.15, -0.1) is 0 Å². The molecule has 0 aliphatic rings. The second-order valence-corrected chi connectivity index (χ2v) is 6.80. The normalized spacial score (nSPS) is 11.7. The highest BCUT2D eigenvalue weighted by Gasteiger charge is 2.42. The van der Waals surface area contributed by atoms with E-state index in [9.17, 15) is 22.8 Å². The van der Waals surface area contributed by atoms with Crippen molar-refractivity contribution in [1.82, 2.24) is 14.8 Å². The lowest BCUT2D eigenvalue weighted by atomic mass is 9.94. The van der Waals surface area contributed by atoms with E-state index in [1.807, 2.05) is 27.7 Å². The molecule has 0 bridgehead atoms. The summed E-state index contributed by atoms with van der Waals surface area (Å²) < 4.78 is 43.2. The number of pyridine rings is 1. The van der Waals surface area contributed by atoms with Crippen molar-refractivity contribution >= 4 is 22.7 Å². The van der Waals surface area contributed by atoms with Crippen molar-refractivity contribution in [3.63, 3.8) is 0 Å². The van der Waals surface area contributed by atoms with Crippen LogP contribution >= 0.6 is 0 Å². The van der Waals surface area contributed by atoms with E-state index in [-0.39, 0.29) is 11.1 Å². The van der Waals surface area contributed by atoms with Gasteiger partial charge in [-0.25, -0.2) is 9.48 Å². The van der Waals surface area contributed by atoms with Gasteiger partial charge < -0.3 is 4.74 Å². The fraction of sp³-hybridized carbons (Fsp3) is 0.300. The summed E-state index contributed by atoms with van der Waals surface area (Å²) in [5, 5.41) is 4.58. The smallest absolute Gasteiger partial charge is 0.400 e. The van der Waals surface area contributed by atoms with Crippen molar-refractivity contribution in [2.45, 2.75) is 33.9 Å². The predicted octanol–water partition coefficient (Wildman–Crippen LogP) is 3.90. The Morgan fingerprint density at radius 1 is 1.03 bits per heavy atom. The first kappa shape index (κ1) is 20.5. The van der Waals surface area contributed by atoms with E-state index >= 15 is 0 Å². The second-order valence-electron chi connectivity index (χ2n) is 6.80. The van der Waals surface area contributed by atoms with Crippen LogP contribution in [0, 0.1) is 27.7 Å². The Morgan fingerprint density at radius 2 is 1.69 bits per heavy atom. The van der Waals surface area contributed by atoms with Gasteiger partial charge in [0.25, 0.3) is 0 Å². The molecule has 0 aliphatic heterocycles. The maximum absolute atomic E-state index is 13.2. The number of benzene rings is 1. The van der Waals surface area contributed by atoms with Crippen LogP contribution in [0.5, 0.6) is 5.88 Å². The molecule has 0 radical (unpaired) electrons. The molecule has 1 aromatic carbocycles. The first-order valence-electron chi connectivity index (χ1n) is 8.66. The maximum Gasteiger partial charge on any atom is 0.491 e. The van der Waals surface area contributed by atoms with E-state index in [0.717, 1.165) is 38.6 Å². The third kappa shape index (κ3) is 3.48. The van der Waals surface area contributed by atoms with Crippen molar-refractivity contribution in [1.29, 1.82) is 0 Å². The Morgan fingerprint density at radius 3 is 2.31 bits per heavy atom. The fourth-order valence-corrected chi connectivity index (χ4v) is 3.17. The van der Waals surface area contributed by atoms with Gasteiger partial charge in [0, 0.05) is 23.7 Å². The van der Waals surface area contributed by atoms with Gasteiger partial charge >= 0.3 is 12.1 Å². The molecule has 0 N–H and O–H groups in total. The third-order valence-corrected chi connectivity index (χ3v) is 4.94. The van der Waals surface area contributed by atoms with Gasteiger partial charge in [-0.05, 0) is 50.5 Å². The number of ketones is 1. The summed E-state index contributed by atoms with van der Waals surface area (Å²) in [5.74, 6) is -3.64. The van der Waals surface area contributed by atoms with E-state index in [2.05, 4.69) is 14.8 Å². The quantitative estimate of drug-likeness (QED) is 0.488. The number of aromatic nitrogens is 3. The lowest BCUT2D eigenvalue weighted by Gasteiger charge is -2.14. The average molecular weight is 405 g/mol. The molecule has 0 amide bonds. The molecule has 152 valence electrons. The minimum absolute atomic E-state index is 0.189. The first-order valence-corrected chi connectivity index (χ1v) is 8.66. The zero-order valence-electron chi connectivity index (χ0n) is 16.4. The van der Waals surface area contributed by atoms with Gasteiger partial charge in [-0.3, -0.25) is 9.78 Å². The number of alkyl halides is 3. The summed E-state index contributed by atoms with van der Waals surface area (Å²) >= 11 is 0. The zero-order chi connectivity index (χ0) is 21.7. The van der Waals surface area contributed by atoms with Crippen LogP contribution in [0.1, 0.15) is 38.3 Å². The predicted molar refractivity (Wildman–Crippen MR) is 99.0 cm³/mol. The lowest BCUT2D eigenvalue weighted by Crippen LogP contribution is -2.29. The van der Waals surface area contributed by atoms with Crippen molar-refractivity contribution in [3.05, 3.63) is 51.8 Å². The Hall–Kier alpha value is -3.23. The largest absolute Gasteiger partial charge is 0.491 e. The summed E-state index contributed by atoms with van der Waals surface area (Å²) in [7, 11) is 1.28. The SMILES string of the molecule is Cc1nc2c(C(=O)c3cnn(C)c3OC(=O)C(F)(F)F)ccc(C)c2c(C)c1C. The van der Waals surface area contributed by atoms with Crippen molar-refractivity contribution in [2.24, 2.45) is 7.05 Å². The lowest BCUT2D eigenvalue weighted by molar-refractivity contribution is -0.190. The molecule has 29 heavy (non-hydrogen) atoms. The van der Waals surface area contributed by atoms with Gasteiger partial charge in [0.15, 0.2) is 0 Å². The van der Waals surface area contributed by atoms with E-state index in [0.29, 0.717) is 5.52 Å². The Kier molecular flexibility index (Phi) is 4.94. The number of ether oxygens (including phenoxy) is 1. The van der Waals surface area contributed by atoms with Gasteiger partial charge in [0.1, 0.15) is 5.56 Å². The Balaban J connectivity index is 2.18. The van der Waals surface area contributed by atoms with E-state index in [4.69, 9.17) is 0 Å². The van der Waals surface area contributed by atoms with Gasteiger partial charge in [-0.2, -0.15) is 18.3 Å². The van der Waals surface area contributed by atoms with E-state index in [1.165, 1.54) is 7.05 Å². The van der Waals surface area contributed by atoms with Gasteiger partial charge in [0.2, 0.25) is 11.7 Å². The monoisotopic (exact) mass is 405 g/mol. The molecule has 9 heteroatoms. The molecule has 3 rings (SSSR count). The van der Waals surface area contributed by atoms with Crippen LogP contribution in [-0.4, -0.2) is 32.7 Å². The number of aryl methyl sites for hydroxylation is 4. The molecule has 0 saturated heterocycles. The first-order chi connectivity index (χ1) is 13.4. The summed E-state index contributed by atoms with van der Waals surface area (Å²) in [6, 6.07) is 3.31. The van der Waals surface area contributed by atoms with Crippen molar-refractivity contribution < 1.29 is 27.5 Å². The number of esters is 1. The number of carbonyl (C=O) groups is 2. The number of fused-ring (bicyclic) bond motifs is 1. The van der Waals surface area contributed by atoms with E-state index in [1.54, 1.807) is 12.1 Å². The highest BCUT2D eigenvalue weighted by molar-refractivity contribution is 6.17. The highest BCUT2D eigenvalue weighted by atomic mass is 19.4. The molecule has 0 unspecified atom stereocenters. The molecule has 2 aromatic heterocycles. The number of halogens is 3. The van der Waals surface area contributed by atoms with Crippen molar-refractivity contribution in [2.75, 3.05) is 0 Å². The molecular formula is C20H18F3N3O3. The van der Waals surface area contributed by atoms with Crippen LogP contribution in [-0.2, 0) is 11.8 Å². The standard InChI is InChI=1S/C20H18F3N3O3/c1-9-6-7-13(16-15(9)11(3)10(2)12(4)25-16)17(27)14-8-24-26(5)18(14)29-19(28)20(21,22)23/h6-8H,1-5H3. The number of rotatable bonds is 3. The molecule has 0 fully saturated rings. The number of nitrogens with zero attached hydrogens (tertiary/aromatic N) is 3. The summed E-state index contributed by atoms with van der Waals surface area (Å²) in [5.41, 5.74) is 3.99. The van der Waals surface area contributed by atoms with Crippen LogP contribution < -0.4 is 4.74 Å². The minimum Gasteiger partial charge on any atom is -0.400 e. The summed E-state index contributed by atoms with van der Waals surface area (Å²) in [6.07, 6.45) is -4.13. The van der Waals surface area contributed by atoms with Gasteiger partial charge in [-0.1, -0.05) is 6.07 Å². The fourth-order valence-electron chi connectivity index (χ4n) is 3.17. The average Bonchev–Trinajstić information content (AvgIpc) is 2.99. The molecule has 0 aliphatic carbocycles. The molecule has 2 heterocycles. The number of carbonyl (C=O) groups excluding carboxylic acids is 2. The van der Waals surface area contributed by atoms with Crippen LogP contribution in [0.25, 0.3) is 10.9 Å². The molecule has 3 aromatic rings. The molecule has 0 saturated carbocycles. The number of hydrogen-bond acceptors (Lipinski definition) is 5. The van der Waals surface area contributed by atoms with Crippen molar-refractivity contribution in [3.8, 4) is 5.88 Å². The molecule has 0 spiro atoms. The third-order valence-electron chi connectivity index (χ3n) is 4.94. The topological polar surface area (TPSA) is 74.1 Å².